The minimum atomic E-state index is 0.0528. The molecule has 100 valence electrons. The molecule has 0 fully saturated rings. The van der Waals surface area contributed by atoms with Gasteiger partial charge in [-0.25, -0.2) is 0 Å². The lowest BCUT2D eigenvalue weighted by atomic mass is 10.0. The Morgan fingerprint density at radius 2 is 1.53 bits per heavy atom. The maximum atomic E-state index is 5.96. The average molecular weight is 255 g/mol. The van der Waals surface area contributed by atoms with E-state index in [0.29, 0.717) is 5.92 Å². The summed E-state index contributed by atoms with van der Waals surface area (Å²) in [5.74, 6) is 2.21. The van der Waals surface area contributed by atoms with Crippen molar-refractivity contribution in [2.24, 2.45) is 5.73 Å². The fraction of sp³-hybridized carbons (Fsp3) is 0.294. The zero-order valence-corrected chi connectivity index (χ0v) is 11.8. The summed E-state index contributed by atoms with van der Waals surface area (Å²) in [4.78, 5) is 0. The van der Waals surface area contributed by atoms with E-state index in [1.807, 2.05) is 49.4 Å². The van der Waals surface area contributed by atoms with E-state index in [-0.39, 0.29) is 6.04 Å². The monoisotopic (exact) mass is 255 g/mol. The van der Waals surface area contributed by atoms with E-state index in [1.165, 1.54) is 5.56 Å². The molecule has 0 saturated carbocycles. The maximum Gasteiger partial charge on any atom is 0.130 e. The molecule has 0 aromatic heterocycles. The predicted octanol–water partition coefficient (Wildman–Crippen LogP) is 4.62. The van der Waals surface area contributed by atoms with Gasteiger partial charge in [0.25, 0.3) is 0 Å². The van der Waals surface area contributed by atoms with Gasteiger partial charge in [0.15, 0.2) is 0 Å². The van der Waals surface area contributed by atoms with Crippen molar-refractivity contribution in [3.05, 3.63) is 59.7 Å². The molecule has 2 rings (SSSR count). The van der Waals surface area contributed by atoms with Crippen molar-refractivity contribution in [3.63, 3.8) is 0 Å². The Morgan fingerprint density at radius 1 is 0.895 bits per heavy atom. The van der Waals surface area contributed by atoms with E-state index in [1.54, 1.807) is 0 Å². The van der Waals surface area contributed by atoms with Crippen molar-refractivity contribution >= 4 is 0 Å². The van der Waals surface area contributed by atoms with E-state index < -0.39 is 0 Å². The van der Waals surface area contributed by atoms with E-state index >= 15 is 0 Å². The third-order valence-electron chi connectivity index (χ3n) is 3.17. The second kappa shape index (κ2) is 5.89. The first-order valence-electron chi connectivity index (χ1n) is 6.70. The lowest BCUT2D eigenvalue weighted by Crippen LogP contribution is -2.04. The van der Waals surface area contributed by atoms with Crippen LogP contribution in [0.5, 0.6) is 11.5 Å². The smallest absolute Gasteiger partial charge is 0.130 e. The molecule has 0 unspecified atom stereocenters. The third kappa shape index (κ3) is 3.36. The van der Waals surface area contributed by atoms with Gasteiger partial charge < -0.3 is 10.5 Å². The molecule has 2 nitrogen and oxygen atoms in total. The lowest BCUT2D eigenvalue weighted by Gasteiger charge is -2.14. The number of nitrogens with two attached hydrogens (primary N) is 1. The molecule has 0 spiro atoms. The van der Waals surface area contributed by atoms with Crippen LogP contribution in [0, 0.1) is 0 Å². The normalized spacial score (nSPS) is 12.5. The molecule has 0 aliphatic rings. The van der Waals surface area contributed by atoms with E-state index in [4.69, 9.17) is 10.5 Å². The van der Waals surface area contributed by atoms with Gasteiger partial charge in [0.1, 0.15) is 11.5 Å². The van der Waals surface area contributed by atoms with Crippen LogP contribution in [0.15, 0.2) is 48.5 Å². The standard InChI is InChI=1S/C17H21NO/c1-12(2)16-6-4-5-7-17(16)19-15-10-8-14(9-11-15)13(3)18/h4-13H,18H2,1-3H3/t13-/m0/s1. The van der Waals surface area contributed by atoms with Crippen molar-refractivity contribution < 1.29 is 4.74 Å². The molecule has 0 amide bonds. The summed E-state index contributed by atoms with van der Waals surface area (Å²) in [6, 6.07) is 16.2. The van der Waals surface area contributed by atoms with Crippen molar-refractivity contribution in [1.29, 1.82) is 0 Å². The molecule has 0 aliphatic heterocycles. The molecule has 2 aromatic carbocycles. The molecule has 0 saturated heterocycles. The van der Waals surface area contributed by atoms with Gasteiger partial charge >= 0.3 is 0 Å². The highest BCUT2D eigenvalue weighted by molar-refractivity contribution is 5.40. The Hall–Kier alpha value is -1.80. The number of rotatable bonds is 4. The summed E-state index contributed by atoms with van der Waals surface area (Å²) in [6.45, 7) is 6.31. The number of ether oxygens (including phenoxy) is 1. The van der Waals surface area contributed by atoms with Crippen molar-refractivity contribution in [2.45, 2.75) is 32.7 Å². The molecule has 2 aromatic rings. The highest BCUT2D eigenvalue weighted by Gasteiger charge is 2.08. The average Bonchev–Trinajstić information content (AvgIpc) is 2.39. The summed E-state index contributed by atoms with van der Waals surface area (Å²) >= 11 is 0. The Kier molecular flexibility index (Phi) is 4.23. The summed E-state index contributed by atoms with van der Waals surface area (Å²) < 4.78 is 5.96. The van der Waals surface area contributed by atoms with Crippen LogP contribution in [0.1, 0.15) is 43.9 Å². The molecule has 2 N–H and O–H groups in total. The maximum absolute atomic E-state index is 5.96. The zero-order chi connectivity index (χ0) is 13.8. The van der Waals surface area contributed by atoms with Gasteiger partial charge in [-0.15, -0.1) is 0 Å². The minimum absolute atomic E-state index is 0.0528. The molecular formula is C17H21NO. The molecule has 0 radical (unpaired) electrons. The van der Waals surface area contributed by atoms with Gasteiger partial charge in [-0.2, -0.15) is 0 Å². The van der Waals surface area contributed by atoms with Gasteiger partial charge in [0.05, 0.1) is 0 Å². The Balaban J connectivity index is 2.21. The molecule has 0 heterocycles. The molecule has 19 heavy (non-hydrogen) atoms. The van der Waals surface area contributed by atoms with Gasteiger partial charge in [-0.1, -0.05) is 44.2 Å². The number of hydrogen-bond acceptors (Lipinski definition) is 2. The van der Waals surface area contributed by atoms with Gasteiger partial charge in [-0.05, 0) is 42.2 Å². The second-order valence-electron chi connectivity index (χ2n) is 5.15. The summed E-state index contributed by atoms with van der Waals surface area (Å²) in [6.07, 6.45) is 0. The van der Waals surface area contributed by atoms with Crippen LogP contribution in [0.3, 0.4) is 0 Å². The summed E-state index contributed by atoms with van der Waals surface area (Å²) in [5.41, 5.74) is 8.18. The minimum Gasteiger partial charge on any atom is -0.457 e. The topological polar surface area (TPSA) is 35.2 Å². The van der Waals surface area contributed by atoms with Crippen LogP contribution in [0.25, 0.3) is 0 Å². The van der Waals surface area contributed by atoms with Crippen molar-refractivity contribution in [1.82, 2.24) is 0 Å². The Bertz CT molecular complexity index is 529. The van der Waals surface area contributed by atoms with Crippen LogP contribution < -0.4 is 10.5 Å². The molecule has 0 bridgehead atoms. The van der Waals surface area contributed by atoms with Crippen LogP contribution in [0.4, 0.5) is 0 Å². The first-order chi connectivity index (χ1) is 9.08. The second-order valence-corrected chi connectivity index (χ2v) is 5.15. The van der Waals surface area contributed by atoms with Crippen LogP contribution in [-0.4, -0.2) is 0 Å². The van der Waals surface area contributed by atoms with Crippen molar-refractivity contribution in [3.8, 4) is 11.5 Å². The molecular weight excluding hydrogens is 234 g/mol. The molecule has 0 aliphatic carbocycles. The quantitative estimate of drug-likeness (QED) is 0.865. The number of para-hydroxylation sites is 1. The zero-order valence-electron chi connectivity index (χ0n) is 11.8. The summed E-state index contributed by atoms with van der Waals surface area (Å²) in [7, 11) is 0. The van der Waals surface area contributed by atoms with E-state index in [2.05, 4.69) is 19.9 Å². The van der Waals surface area contributed by atoms with Crippen molar-refractivity contribution in [2.75, 3.05) is 0 Å². The largest absolute Gasteiger partial charge is 0.457 e. The number of hydrogen-bond donors (Lipinski definition) is 1. The van der Waals surface area contributed by atoms with Gasteiger partial charge in [0, 0.05) is 6.04 Å². The molecule has 2 heteroatoms. The van der Waals surface area contributed by atoms with E-state index in [0.717, 1.165) is 17.1 Å². The molecule has 1 atom stereocenters. The highest BCUT2D eigenvalue weighted by atomic mass is 16.5. The fourth-order valence-corrected chi connectivity index (χ4v) is 2.02. The third-order valence-corrected chi connectivity index (χ3v) is 3.17. The van der Waals surface area contributed by atoms with Crippen LogP contribution in [0.2, 0.25) is 0 Å². The Morgan fingerprint density at radius 3 is 2.11 bits per heavy atom. The first-order valence-corrected chi connectivity index (χ1v) is 6.70. The van der Waals surface area contributed by atoms with E-state index in [9.17, 15) is 0 Å². The lowest BCUT2D eigenvalue weighted by molar-refractivity contribution is 0.473. The van der Waals surface area contributed by atoms with Crippen LogP contribution in [-0.2, 0) is 0 Å². The first kappa shape index (κ1) is 13.6. The fourth-order valence-electron chi connectivity index (χ4n) is 2.02. The van der Waals surface area contributed by atoms with Crippen LogP contribution >= 0.6 is 0 Å². The number of benzene rings is 2. The Labute approximate surface area is 115 Å². The van der Waals surface area contributed by atoms with Gasteiger partial charge in [-0.3, -0.25) is 0 Å². The summed E-state index contributed by atoms with van der Waals surface area (Å²) in [5, 5.41) is 0. The SMILES string of the molecule is CC(C)c1ccccc1Oc1ccc([C@H](C)N)cc1. The predicted molar refractivity (Wildman–Crippen MR) is 79.6 cm³/mol. The highest BCUT2D eigenvalue weighted by Crippen LogP contribution is 2.30. The van der Waals surface area contributed by atoms with Gasteiger partial charge in [0.2, 0.25) is 0 Å².